The second-order valence-corrected chi connectivity index (χ2v) is 7.12. The van der Waals surface area contributed by atoms with Gasteiger partial charge in [-0.05, 0) is 37.3 Å². The van der Waals surface area contributed by atoms with Crippen molar-refractivity contribution in [2.45, 2.75) is 18.2 Å². The zero-order valence-corrected chi connectivity index (χ0v) is 13.4. The van der Waals surface area contributed by atoms with Crippen molar-refractivity contribution in [2.24, 2.45) is 0 Å². The molecular formula is C16H16O3S2. The number of carbonyl (C=O) groups excluding carboxylic acids is 1. The van der Waals surface area contributed by atoms with Crippen LogP contribution >= 0.6 is 23.1 Å². The minimum atomic E-state index is 0.171. The normalized spacial score (nSPS) is 13.8. The van der Waals surface area contributed by atoms with E-state index in [1.54, 1.807) is 11.3 Å². The minimum Gasteiger partial charge on any atom is -0.490 e. The summed E-state index contributed by atoms with van der Waals surface area (Å²) in [7, 11) is 0. The minimum absolute atomic E-state index is 0.171. The van der Waals surface area contributed by atoms with E-state index in [4.69, 9.17) is 9.47 Å². The molecule has 0 amide bonds. The van der Waals surface area contributed by atoms with Crippen molar-refractivity contribution in [1.29, 1.82) is 0 Å². The number of rotatable bonds is 4. The summed E-state index contributed by atoms with van der Waals surface area (Å²) in [5.41, 5.74) is 0. The molecule has 2 aromatic rings. The largest absolute Gasteiger partial charge is 0.490 e. The molecule has 0 saturated carbocycles. The van der Waals surface area contributed by atoms with Crippen molar-refractivity contribution in [3.8, 4) is 11.5 Å². The number of hydrogen-bond donors (Lipinski definition) is 0. The quantitative estimate of drug-likeness (QED) is 0.625. The fourth-order valence-electron chi connectivity index (χ4n) is 2.04. The van der Waals surface area contributed by atoms with E-state index < -0.39 is 0 Å². The Morgan fingerprint density at radius 3 is 2.76 bits per heavy atom. The Morgan fingerprint density at radius 2 is 2.00 bits per heavy atom. The van der Waals surface area contributed by atoms with Crippen molar-refractivity contribution in [2.75, 3.05) is 19.0 Å². The highest BCUT2D eigenvalue weighted by molar-refractivity contribution is 8.00. The third kappa shape index (κ3) is 3.60. The van der Waals surface area contributed by atoms with E-state index in [2.05, 4.69) is 0 Å². The molecule has 0 unspecified atom stereocenters. The molecule has 0 aliphatic carbocycles. The van der Waals surface area contributed by atoms with Gasteiger partial charge in [-0.15, -0.1) is 23.1 Å². The summed E-state index contributed by atoms with van der Waals surface area (Å²) in [6.07, 6.45) is 0.896. The molecule has 5 heteroatoms. The van der Waals surface area contributed by atoms with Gasteiger partial charge in [0.2, 0.25) is 0 Å². The number of thiophene rings is 1. The molecule has 1 aliphatic rings. The lowest BCUT2D eigenvalue weighted by molar-refractivity contribution is 0.102. The number of benzene rings is 1. The van der Waals surface area contributed by atoms with Gasteiger partial charge in [-0.25, -0.2) is 0 Å². The molecule has 0 fully saturated rings. The number of ketones is 1. The SMILES string of the molecule is Cc1ccc(C(=O)CSc2ccc3c(c2)OCCCO3)s1. The maximum Gasteiger partial charge on any atom is 0.182 e. The van der Waals surface area contributed by atoms with Crippen molar-refractivity contribution >= 4 is 28.9 Å². The van der Waals surface area contributed by atoms with E-state index in [1.807, 2.05) is 37.3 Å². The average Bonchev–Trinajstić information content (AvgIpc) is 2.79. The lowest BCUT2D eigenvalue weighted by Gasteiger charge is -2.08. The molecule has 0 saturated heterocycles. The zero-order chi connectivity index (χ0) is 14.7. The van der Waals surface area contributed by atoms with Crippen molar-refractivity contribution < 1.29 is 14.3 Å². The molecule has 1 aromatic heterocycles. The summed E-state index contributed by atoms with van der Waals surface area (Å²) in [6.45, 7) is 3.38. The van der Waals surface area contributed by atoms with E-state index in [-0.39, 0.29) is 5.78 Å². The molecule has 21 heavy (non-hydrogen) atoms. The molecule has 0 bridgehead atoms. The topological polar surface area (TPSA) is 35.5 Å². The maximum atomic E-state index is 12.1. The molecule has 0 N–H and O–H groups in total. The van der Waals surface area contributed by atoms with Gasteiger partial charge in [-0.3, -0.25) is 4.79 Å². The summed E-state index contributed by atoms with van der Waals surface area (Å²) in [5, 5.41) is 0. The molecule has 3 nitrogen and oxygen atoms in total. The van der Waals surface area contributed by atoms with Gasteiger partial charge in [0.05, 0.1) is 23.8 Å². The highest BCUT2D eigenvalue weighted by Crippen LogP contribution is 2.34. The van der Waals surface area contributed by atoms with Gasteiger partial charge >= 0.3 is 0 Å². The predicted octanol–water partition coefficient (Wildman–Crippen LogP) is 4.19. The van der Waals surface area contributed by atoms with Crippen LogP contribution in [-0.2, 0) is 0 Å². The maximum absolute atomic E-state index is 12.1. The molecule has 1 aliphatic heterocycles. The van der Waals surface area contributed by atoms with E-state index >= 15 is 0 Å². The molecule has 1 aromatic carbocycles. The van der Waals surface area contributed by atoms with Gasteiger partial charge in [-0.2, -0.15) is 0 Å². The van der Waals surface area contributed by atoms with Gasteiger partial charge in [-0.1, -0.05) is 0 Å². The van der Waals surface area contributed by atoms with Crippen molar-refractivity contribution in [3.05, 3.63) is 40.1 Å². The molecule has 2 heterocycles. The molecule has 0 radical (unpaired) electrons. The Morgan fingerprint density at radius 1 is 1.19 bits per heavy atom. The van der Waals surface area contributed by atoms with E-state index in [1.165, 1.54) is 16.6 Å². The summed E-state index contributed by atoms with van der Waals surface area (Å²) in [5.74, 6) is 2.18. The van der Waals surface area contributed by atoms with Crippen LogP contribution in [0, 0.1) is 6.92 Å². The van der Waals surface area contributed by atoms with Crippen LogP contribution in [-0.4, -0.2) is 24.7 Å². The van der Waals surface area contributed by atoms with Gasteiger partial charge in [0.25, 0.3) is 0 Å². The highest BCUT2D eigenvalue weighted by Gasteiger charge is 2.13. The average molecular weight is 320 g/mol. The van der Waals surface area contributed by atoms with Crippen LogP contribution in [0.5, 0.6) is 11.5 Å². The molecular weight excluding hydrogens is 304 g/mol. The third-order valence-electron chi connectivity index (χ3n) is 3.10. The first-order chi connectivity index (χ1) is 10.2. The van der Waals surface area contributed by atoms with Crippen LogP contribution in [0.15, 0.2) is 35.2 Å². The number of hydrogen-bond acceptors (Lipinski definition) is 5. The van der Waals surface area contributed by atoms with Gasteiger partial charge < -0.3 is 9.47 Å². The second kappa shape index (κ2) is 6.54. The Bertz CT molecular complexity index is 649. The lowest BCUT2D eigenvalue weighted by Crippen LogP contribution is -1.99. The number of aryl methyl sites for hydroxylation is 1. The monoisotopic (exact) mass is 320 g/mol. The first kappa shape index (κ1) is 14.5. The Balaban J connectivity index is 1.65. The first-order valence-corrected chi connectivity index (χ1v) is 8.65. The molecule has 0 spiro atoms. The number of thioether (sulfide) groups is 1. The predicted molar refractivity (Wildman–Crippen MR) is 86.2 cm³/mol. The Hall–Kier alpha value is -1.46. The van der Waals surface area contributed by atoms with Gasteiger partial charge in [0, 0.05) is 16.2 Å². The van der Waals surface area contributed by atoms with Gasteiger partial charge in [0.1, 0.15) is 0 Å². The first-order valence-electron chi connectivity index (χ1n) is 6.84. The molecule has 110 valence electrons. The zero-order valence-electron chi connectivity index (χ0n) is 11.8. The lowest BCUT2D eigenvalue weighted by atomic mass is 10.3. The molecule has 3 rings (SSSR count). The Labute approximate surface area is 132 Å². The fourth-order valence-corrected chi connectivity index (χ4v) is 3.74. The second-order valence-electron chi connectivity index (χ2n) is 4.78. The Kier molecular flexibility index (Phi) is 4.51. The fraction of sp³-hybridized carbons (Fsp3) is 0.312. The summed E-state index contributed by atoms with van der Waals surface area (Å²) in [6, 6.07) is 9.74. The van der Waals surface area contributed by atoms with Crippen molar-refractivity contribution in [3.63, 3.8) is 0 Å². The molecule has 0 atom stereocenters. The van der Waals surface area contributed by atoms with E-state index in [0.29, 0.717) is 19.0 Å². The number of fused-ring (bicyclic) bond motifs is 1. The number of carbonyl (C=O) groups is 1. The van der Waals surface area contributed by atoms with Crippen LogP contribution in [0.3, 0.4) is 0 Å². The van der Waals surface area contributed by atoms with E-state index in [9.17, 15) is 4.79 Å². The summed E-state index contributed by atoms with van der Waals surface area (Å²) >= 11 is 3.08. The highest BCUT2D eigenvalue weighted by atomic mass is 32.2. The van der Waals surface area contributed by atoms with Crippen LogP contribution in [0.2, 0.25) is 0 Å². The van der Waals surface area contributed by atoms with Crippen LogP contribution in [0.4, 0.5) is 0 Å². The van der Waals surface area contributed by atoms with Crippen LogP contribution in [0.1, 0.15) is 21.0 Å². The van der Waals surface area contributed by atoms with Crippen LogP contribution in [0.25, 0.3) is 0 Å². The number of Topliss-reactive ketones (excluding diaryl/α,β-unsaturated/α-hetero) is 1. The van der Waals surface area contributed by atoms with E-state index in [0.717, 1.165) is 27.7 Å². The number of ether oxygens (including phenoxy) is 2. The third-order valence-corrected chi connectivity index (χ3v) is 5.14. The standard InChI is InChI=1S/C16H16O3S2/c1-11-3-6-16(21-11)13(17)10-20-12-4-5-14-15(9-12)19-8-2-7-18-14/h3-6,9H,2,7-8,10H2,1H3. The smallest absolute Gasteiger partial charge is 0.182 e. The van der Waals surface area contributed by atoms with Crippen molar-refractivity contribution in [1.82, 2.24) is 0 Å². The van der Waals surface area contributed by atoms with Crippen LogP contribution < -0.4 is 9.47 Å². The van der Waals surface area contributed by atoms with Gasteiger partial charge in [0.15, 0.2) is 17.3 Å². The summed E-state index contributed by atoms with van der Waals surface area (Å²) in [4.78, 5) is 15.1. The summed E-state index contributed by atoms with van der Waals surface area (Å²) < 4.78 is 11.3.